The maximum absolute atomic E-state index is 12.8. The summed E-state index contributed by atoms with van der Waals surface area (Å²) in [4.78, 5) is 14.9. The van der Waals surface area contributed by atoms with E-state index >= 15 is 0 Å². The molecule has 122 valence electrons. The van der Waals surface area contributed by atoms with Crippen molar-refractivity contribution < 1.29 is 9.53 Å². The molecule has 1 aliphatic carbocycles. The second-order valence-electron chi connectivity index (χ2n) is 6.68. The molecule has 1 aromatic carbocycles. The van der Waals surface area contributed by atoms with E-state index in [1.807, 2.05) is 6.92 Å². The number of hydrogen-bond donors (Lipinski definition) is 0. The van der Waals surface area contributed by atoms with Crippen LogP contribution in [-0.2, 0) is 4.79 Å². The maximum Gasteiger partial charge on any atom is 0.263 e. The molecule has 0 aromatic heterocycles. The Morgan fingerprint density at radius 3 is 2.65 bits per heavy atom. The highest BCUT2D eigenvalue weighted by atomic mass is 16.5. The summed E-state index contributed by atoms with van der Waals surface area (Å²) in [6, 6.07) is 9.43. The van der Waals surface area contributed by atoms with Crippen LogP contribution < -0.4 is 4.74 Å². The van der Waals surface area contributed by atoms with E-state index in [2.05, 4.69) is 11.0 Å². The molecule has 1 saturated carbocycles. The van der Waals surface area contributed by atoms with Gasteiger partial charge >= 0.3 is 0 Å². The van der Waals surface area contributed by atoms with Crippen molar-refractivity contribution in [1.29, 1.82) is 5.26 Å². The molecule has 0 radical (unpaired) electrons. The van der Waals surface area contributed by atoms with Crippen LogP contribution in [0.1, 0.15) is 51.0 Å². The first kappa shape index (κ1) is 15.9. The summed E-state index contributed by atoms with van der Waals surface area (Å²) in [6.07, 6.45) is 6.83. The van der Waals surface area contributed by atoms with Crippen LogP contribution in [0.5, 0.6) is 5.75 Å². The number of piperidine rings is 1. The van der Waals surface area contributed by atoms with Gasteiger partial charge in [0.1, 0.15) is 5.75 Å². The van der Waals surface area contributed by atoms with Gasteiger partial charge in [-0.25, -0.2) is 0 Å². The average molecular weight is 312 g/mol. The minimum absolute atomic E-state index is 0.103. The minimum atomic E-state index is -0.483. The molecule has 3 atom stereocenters. The third-order valence-corrected chi connectivity index (χ3v) is 5.17. The second-order valence-corrected chi connectivity index (χ2v) is 6.68. The van der Waals surface area contributed by atoms with Gasteiger partial charge in [-0.05, 0) is 62.8 Å². The molecule has 4 nitrogen and oxygen atoms in total. The highest BCUT2D eigenvalue weighted by molar-refractivity contribution is 5.81. The molecule has 3 rings (SSSR count). The molecule has 1 amide bonds. The van der Waals surface area contributed by atoms with Gasteiger partial charge in [0.25, 0.3) is 5.91 Å². The lowest BCUT2D eigenvalue weighted by Gasteiger charge is -2.44. The van der Waals surface area contributed by atoms with Gasteiger partial charge in [0.05, 0.1) is 11.6 Å². The van der Waals surface area contributed by atoms with E-state index in [0.717, 1.165) is 19.4 Å². The van der Waals surface area contributed by atoms with Crippen molar-refractivity contribution in [3.63, 3.8) is 0 Å². The van der Waals surface area contributed by atoms with Crippen molar-refractivity contribution in [2.75, 3.05) is 6.54 Å². The topological polar surface area (TPSA) is 53.3 Å². The quantitative estimate of drug-likeness (QED) is 0.858. The molecule has 2 aliphatic rings. The van der Waals surface area contributed by atoms with E-state index in [1.54, 1.807) is 24.3 Å². The van der Waals surface area contributed by atoms with Crippen LogP contribution in [0.15, 0.2) is 24.3 Å². The lowest BCUT2D eigenvalue weighted by atomic mass is 9.78. The number of likely N-dealkylation sites (tertiary alicyclic amines) is 1. The van der Waals surface area contributed by atoms with Gasteiger partial charge in [0.2, 0.25) is 0 Å². The predicted octanol–water partition coefficient (Wildman–Crippen LogP) is 3.51. The molecule has 0 spiro atoms. The van der Waals surface area contributed by atoms with Gasteiger partial charge in [0, 0.05) is 12.6 Å². The summed E-state index contributed by atoms with van der Waals surface area (Å²) < 4.78 is 5.81. The first-order valence-electron chi connectivity index (χ1n) is 8.66. The van der Waals surface area contributed by atoms with E-state index in [4.69, 9.17) is 10.00 Å². The fourth-order valence-corrected chi connectivity index (χ4v) is 3.99. The molecule has 1 saturated heterocycles. The number of carbonyl (C=O) groups excluding carboxylic acids is 1. The largest absolute Gasteiger partial charge is 0.481 e. The van der Waals surface area contributed by atoms with Crippen LogP contribution in [0, 0.1) is 17.2 Å². The maximum atomic E-state index is 12.8. The zero-order valence-electron chi connectivity index (χ0n) is 13.7. The van der Waals surface area contributed by atoms with Gasteiger partial charge in [-0.2, -0.15) is 5.26 Å². The predicted molar refractivity (Wildman–Crippen MR) is 87.9 cm³/mol. The Hall–Kier alpha value is -2.02. The Bertz CT molecular complexity index is 588. The average Bonchev–Trinajstić information content (AvgIpc) is 2.61. The molecule has 0 N–H and O–H groups in total. The summed E-state index contributed by atoms with van der Waals surface area (Å²) in [6.45, 7) is 2.69. The minimum Gasteiger partial charge on any atom is -0.481 e. The molecule has 1 aromatic rings. The van der Waals surface area contributed by atoms with Crippen LogP contribution >= 0.6 is 0 Å². The lowest BCUT2D eigenvalue weighted by Crippen LogP contribution is -2.53. The Morgan fingerprint density at radius 1 is 1.22 bits per heavy atom. The Balaban J connectivity index is 1.65. The van der Waals surface area contributed by atoms with Crippen LogP contribution in [0.25, 0.3) is 0 Å². The number of fused-ring (bicyclic) bond motifs is 1. The standard InChI is InChI=1S/C19H24N2O2/c1-14(23-17-10-8-15(13-20)9-11-17)19(22)21-12-4-6-16-5-2-3-7-18(16)21/h8-11,14,16,18H,2-7,12H2,1H3/t14-,16+,18+/m1/s1. The second kappa shape index (κ2) is 7.04. The lowest BCUT2D eigenvalue weighted by molar-refractivity contribution is -0.144. The molecule has 2 fully saturated rings. The first-order chi connectivity index (χ1) is 11.2. The van der Waals surface area contributed by atoms with Crippen molar-refractivity contribution >= 4 is 5.91 Å². The van der Waals surface area contributed by atoms with E-state index in [9.17, 15) is 4.79 Å². The summed E-state index contributed by atoms with van der Waals surface area (Å²) in [7, 11) is 0. The molecule has 23 heavy (non-hydrogen) atoms. The normalized spacial score (nSPS) is 25.1. The van der Waals surface area contributed by atoms with Crippen molar-refractivity contribution in [3.05, 3.63) is 29.8 Å². The number of rotatable bonds is 3. The number of benzene rings is 1. The number of nitrogens with zero attached hydrogens (tertiary/aromatic N) is 2. The molecular formula is C19H24N2O2. The molecule has 0 bridgehead atoms. The number of ether oxygens (including phenoxy) is 1. The smallest absolute Gasteiger partial charge is 0.263 e. The van der Waals surface area contributed by atoms with Gasteiger partial charge in [-0.15, -0.1) is 0 Å². The Morgan fingerprint density at radius 2 is 1.91 bits per heavy atom. The number of amides is 1. The summed E-state index contributed by atoms with van der Waals surface area (Å²) in [5, 5.41) is 8.83. The van der Waals surface area contributed by atoms with E-state index in [0.29, 0.717) is 23.3 Å². The number of hydrogen-bond acceptors (Lipinski definition) is 3. The Labute approximate surface area is 138 Å². The fraction of sp³-hybridized carbons (Fsp3) is 0.579. The molecule has 4 heteroatoms. The van der Waals surface area contributed by atoms with Gasteiger partial charge in [-0.3, -0.25) is 4.79 Å². The van der Waals surface area contributed by atoms with E-state index < -0.39 is 6.10 Å². The Kier molecular flexibility index (Phi) is 4.85. The van der Waals surface area contributed by atoms with Crippen molar-refractivity contribution in [3.8, 4) is 11.8 Å². The fourth-order valence-electron chi connectivity index (χ4n) is 3.99. The van der Waals surface area contributed by atoms with E-state index in [1.165, 1.54) is 25.7 Å². The zero-order chi connectivity index (χ0) is 16.2. The van der Waals surface area contributed by atoms with Crippen molar-refractivity contribution in [1.82, 2.24) is 4.90 Å². The van der Waals surface area contributed by atoms with Gasteiger partial charge in [-0.1, -0.05) is 12.8 Å². The summed E-state index contributed by atoms with van der Waals surface area (Å²) in [5.74, 6) is 1.43. The summed E-state index contributed by atoms with van der Waals surface area (Å²) >= 11 is 0. The molecule has 1 aliphatic heterocycles. The highest BCUT2D eigenvalue weighted by Crippen LogP contribution is 2.35. The van der Waals surface area contributed by atoms with Crippen LogP contribution in [-0.4, -0.2) is 29.5 Å². The highest BCUT2D eigenvalue weighted by Gasteiger charge is 2.37. The monoisotopic (exact) mass is 312 g/mol. The zero-order valence-corrected chi connectivity index (χ0v) is 13.7. The number of carbonyl (C=O) groups is 1. The number of nitriles is 1. The molecular weight excluding hydrogens is 288 g/mol. The molecule has 1 heterocycles. The third-order valence-electron chi connectivity index (χ3n) is 5.17. The van der Waals surface area contributed by atoms with Gasteiger partial charge in [0.15, 0.2) is 6.10 Å². The van der Waals surface area contributed by atoms with Crippen LogP contribution in [0.3, 0.4) is 0 Å². The molecule has 0 unspecified atom stereocenters. The van der Waals surface area contributed by atoms with E-state index in [-0.39, 0.29) is 5.91 Å². The summed E-state index contributed by atoms with van der Waals surface area (Å²) in [5.41, 5.74) is 0.595. The van der Waals surface area contributed by atoms with Crippen LogP contribution in [0.4, 0.5) is 0 Å². The van der Waals surface area contributed by atoms with Crippen LogP contribution in [0.2, 0.25) is 0 Å². The SMILES string of the molecule is C[C@@H](Oc1ccc(C#N)cc1)C(=O)N1CCC[C@@H]2CCCC[C@@H]21. The van der Waals surface area contributed by atoms with Gasteiger partial charge < -0.3 is 9.64 Å². The first-order valence-corrected chi connectivity index (χ1v) is 8.66. The van der Waals surface area contributed by atoms with Crippen molar-refractivity contribution in [2.24, 2.45) is 5.92 Å². The van der Waals surface area contributed by atoms with Crippen molar-refractivity contribution in [2.45, 2.75) is 57.6 Å². The third kappa shape index (κ3) is 3.50.